The van der Waals surface area contributed by atoms with Gasteiger partial charge in [0.2, 0.25) is 11.0 Å². The first-order valence-electron chi connectivity index (χ1n) is 9.05. The smallest absolute Gasteiger partial charge is 0.216 e. The second-order valence-corrected chi connectivity index (χ2v) is 7.09. The van der Waals surface area contributed by atoms with Crippen molar-refractivity contribution in [2.24, 2.45) is 7.05 Å². The molecule has 0 amide bonds. The fourth-order valence-electron chi connectivity index (χ4n) is 3.93. The van der Waals surface area contributed by atoms with E-state index in [0.717, 1.165) is 16.5 Å². The van der Waals surface area contributed by atoms with Crippen molar-refractivity contribution in [3.05, 3.63) is 82.9 Å². The van der Waals surface area contributed by atoms with Crippen LogP contribution in [0.3, 0.4) is 0 Å². The van der Waals surface area contributed by atoms with Gasteiger partial charge in [0.05, 0.1) is 10.8 Å². The van der Waals surface area contributed by atoms with E-state index in [1.165, 1.54) is 33.3 Å². The predicted octanol–water partition coefficient (Wildman–Crippen LogP) is 2.33. The zero-order valence-corrected chi connectivity index (χ0v) is 17.8. The molecule has 0 saturated carbocycles. The third-order valence-electron chi connectivity index (χ3n) is 5.22. The molecule has 0 spiro atoms. The van der Waals surface area contributed by atoms with Crippen molar-refractivity contribution in [3.8, 4) is 5.75 Å². The number of para-hydroxylation sites is 2. The van der Waals surface area contributed by atoms with E-state index in [4.69, 9.17) is 4.74 Å². The summed E-state index contributed by atoms with van der Waals surface area (Å²) in [6.45, 7) is 7.06. The van der Waals surface area contributed by atoms with E-state index in [-0.39, 0.29) is 17.0 Å². The molecule has 0 unspecified atom stereocenters. The van der Waals surface area contributed by atoms with Crippen LogP contribution in [0.1, 0.15) is 22.3 Å². The zero-order chi connectivity index (χ0) is 18.3. The number of halogens is 1. The van der Waals surface area contributed by atoms with E-state index in [1.54, 1.807) is 0 Å². The minimum atomic E-state index is 0. The van der Waals surface area contributed by atoms with Gasteiger partial charge in [0, 0.05) is 12.1 Å². The predicted molar refractivity (Wildman–Crippen MR) is 108 cm³/mol. The lowest BCUT2D eigenvalue weighted by Gasteiger charge is -2.15. The lowest BCUT2D eigenvalue weighted by atomic mass is 10.0. The number of aryl methyl sites for hydroxylation is 4. The van der Waals surface area contributed by atoms with Crippen molar-refractivity contribution in [1.29, 1.82) is 0 Å². The summed E-state index contributed by atoms with van der Waals surface area (Å²) in [5.41, 5.74) is 7.51. The van der Waals surface area contributed by atoms with Gasteiger partial charge in [-0.05, 0) is 49.6 Å². The van der Waals surface area contributed by atoms with Gasteiger partial charge in [0.15, 0.2) is 0 Å². The number of hydrogen-bond donors (Lipinski definition) is 0. The van der Waals surface area contributed by atoms with E-state index >= 15 is 0 Å². The van der Waals surface area contributed by atoms with Gasteiger partial charge in [-0.1, -0.05) is 42.0 Å². The molecule has 0 saturated heterocycles. The molecule has 0 bridgehead atoms. The first-order valence-corrected chi connectivity index (χ1v) is 9.05. The monoisotopic (exact) mass is 421 g/mol. The minimum absolute atomic E-state index is 0. The van der Waals surface area contributed by atoms with Crippen LogP contribution in [0.5, 0.6) is 5.75 Å². The van der Waals surface area contributed by atoms with Gasteiger partial charge in [-0.2, -0.15) is 4.57 Å². The summed E-state index contributed by atoms with van der Waals surface area (Å²) < 4.78 is 8.70. The third kappa shape index (κ3) is 3.44. The maximum atomic E-state index is 6.46. The molecule has 2 nitrogen and oxygen atoms in total. The molecule has 0 N–H and O–H groups in total. The van der Waals surface area contributed by atoms with Crippen molar-refractivity contribution in [2.75, 3.05) is 0 Å². The number of ether oxygens (including phenoxy) is 1. The molecule has 0 radical (unpaired) electrons. The number of aromatic nitrogens is 1. The van der Waals surface area contributed by atoms with Crippen LogP contribution in [0.2, 0.25) is 0 Å². The summed E-state index contributed by atoms with van der Waals surface area (Å²) in [5.74, 6) is 0.966. The number of rotatable bonds is 3. The van der Waals surface area contributed by atoms with Crippen LogP contribution in [0.15, 0.2) is 60.7 Å². The molecule has 4 rings (SSSR count). The Balaban J connectivity index is 0.00000210. The molecule has 1 heterocycles. The SMILES string of the molecule is Cc1cc(C)c(COc2c3ccccc3[n+](C)c3ccccc23)c(C)c1.[Br-]. The zero-order valence-electron chi connectivity index (χ0n) is 16.2. The molecule has 0 fully saturated rings. The van der Waals surface area contributed by atoms with E-state index in [1.807, 2.05) is 0 Å². The molecule has 0 aliphatic rings. The van der Waals surface area contributed by atoms with Crippen molar-refractivity contribution >= 4 is 21.8 Å². The number of hydrogen-bond acceptors (Lipinski definition) is 1. The molecular formula is C24H24BrNO. The van der Waals surface area contributed by atoms with Crippen LogP contribution in [0, 0.1) is 20.8 Å². The Kier molecular flexibility index (Phi) is 5.52. The Bertz CT molecular complexity index is 1050. The van der Waals surface area contributed by atoms with Gasteiger partial charge < -0.3 is 21.7 Å². The molecular weight excluding hydrogens is 398 g/mol. The molecule has 3 aromatic carbocycles. The maximum Gasteiger partial charge on any atom is 0.216 e. The molecule has 3 heteroatoms. The highest BCUT2D eigenvalue weighted by Crippen LogP contribution is 2.32. The number of nitrogens with zero attached hydrogens (tertiary/aromatic N) is 1. The Morgan fingerprint density at radius 3 is 1.78 bits per heavy atom. The maximum absolute atomic E-state index is 6.46. The molecule has 4 aromatic rings. The largest absolute Gasteiger partial charge is 1.00 e. The summed E-state index contributed by atoms with van der Waals surface area (Å²) in [7, 11) is 2.11. The second kappa shape index (κ2) is 7.69. The average Bonchev–Trinajstić information content (AvgIpc) is 2.63. The fraction of sp³-hybridized carbons (Fsp3) is 0.208. The standard InChI is InChI=1S/C24H24NO.BrH/c1-16-13-17(2)21(18(3)14-16)15-26-24-19-9-5-7-11-22(19)25(4)23-12-8-6-10-20(23)24;/h5-14H,15H2,1-4H3;1H/q+1;/p-1. The van der Waals surface area contributed by atoms with Gasteiger partial charge in [0.1, 0.15) is 19.4 Å². The van der Waals surface area contributed by atoms with Crippen LogP contribution >= 0.6 is 0 Å². The summed E-state index contributed by atoms with van der Waals surface area (Å²) in [6.07, 6.45) is 0. The van der Waals surface area contributed by atoms with Gasteiger partial charge in [-0.15, -0.1) is 0 Å². The molecule has 0 atom stereocenters. The molecule has 0 aliphatic heterocycles. The van der Waals surface area contributed by atoms with Crippen molar-refractivity contribution in [2.45, 2.75) is 27.4 Å². The molecule has 27 heavy (non-hydrogen) atoms. The fourth-order valence-corrected chi connectivity index (χ4v) is 3.93. The van der Waals surface area contributed by atoms with Gasteiger partial charge in [0.25, 0.3) is 0 Å². The number of fused-ring (bicyclic) bond motifs is 2. The van der Waals surface area contributed by atoms with Crippen LogP contribution < -0.4 is 26.3 Å². The van der Waals surface area contributed by atoms with Crippen LogP contribution in [0.4, 0.5) is 0 Å². The first-order chi connectivity index (χ1) is 12.6. The Morgan fingerprint density at radius 1 is 0.778 bits per heavy atom. The lowest BCUT2D eigenvalue weighted by Crippen LogP contribution is -3.00. The third-order valence-corrected chi connectivity index (χ3v) is 5.22. The van der Waals surface area contributed by atoms with E-state index < -0.39 is 0 Å². The van der Waals surface area contributed by atoms with Crippen molar-refractivity contribution < 1.29 is 26.3 Å². The normalized spacial score (nSPS) is 10.8. The first kappa shape index (κ1) is 19.4. The second-order valence-electron chi connectivity index (χ2n) is 7.09. The van der Waals surface area contributed by atoms with Crippen LogP contribution in [0.25, 0.3) is 21.8 Å². The molecule has 0 aliphatic carbocycles. The number of pyridine rings is 1. The summed E-state index contributed by atoms with van der Waals surface area (Å²) in [4.78, 5) is 0. The lowest BCUT2D eigenvalue weighted by molar-refractivity contribution is -0.617. The molecule has 138 valence electrons. The summed E-state index contributed by atoms with van der Waals surface area (Å²) in [5, 5.41) is 2.30. The topological polar surface area (TPSA) is 13.1 Å². The van der Waals surface area contributed by atoms with Crippen LogP contribution in [-0.4, -0.2) is 0 Å². The quantitative estimate of drug-likeness (QED) is 0.365. The Hall–Kier alpha value is -2.39. The van der Waals surface area contributed by atoms with E-state index in [9.17, 15) is 0 Å². The highest BCUT2D eigenvalue weighted by atomic mass is 79.9. The average molecular weight is 422 g/mol. The Labute approximate surface area is 171 Å². The van der Waals surface area contributed by atoms with E-state index in [2.05, 4.69) is 93.0 Å². The highest BCUT2D eigenvalue weighted by molar-refractivity contribution is 5.97. The van der Waals surface area contributed by atoms with Gasteiger partial charge in [-0.3, -0.25) is 0 Å². The van der Waals surface area contributed by atoms with Crippen molar-refractivity contribution in [1.82, 2.24) is 0 Å². The van der Waals surface area contributed by atoms with E-state index in [0.29, 0.717) is 6.61 Å². The minimum Gasteiger partial charge on any atom is -1.00 e. The molecule has 1 aromatic heterocycles. The van der Waals surface area contributed by atoms with Crippen LogP contribution in [-0.2, 0) is 13.7 Å². The van der Waals surface area contributed by atoms with Gasteiger partial charge in [-0.25, -0.2) is 0 Å². The Morgan fingerprint density at radius 2 is 1.26 bits per heavy atom. The number of benzene rings is 3. The summed E-state index contributed by atoms with van der Waals surface area (Å²) >= 11 is 0. The summed E-state index contributed by atoms with van der Waals surface area (Å²) in [6, 6.07) is 21.4. The van der Waals surface area contributed by atoms with Gasteiger partial charge >= 0.3 is 0 Å². The highest BCUT2D eigenvalue weighted by Gasteiger charge is 2.18. The van der Waals surface area contributed by atoms with Crippen molar-refractivity contribution in [3.63, 3.8) is 0 Å².